The fraction of sp³-hybridized carbons (Fsp3) is 0.500. The number of ether oxygens (including phenoxy) is 1. The van der Waals surface area contributed by atoms with Crippen molar-refractivity contribution < 1.29 is 9.53 Å². The summed E-state index contributed by atoms with van der Waals surface area (Å²) < 4.78 is 5.69. The van der Waals surface area contributed by atoms with Gasteiger partial charge in [-0.05, 0) is 32.9 Å². The van der Waals surface area contributed by atoms with E-state index in [9.17, 15) is 4.79 Å². The summed E-state index contributed by atoms with van der Waals surface area (Å²) in [7, 11) is 0. The first-order valence-electron chi connectivity index (χ1n) is 8.63. The number of hydrogen-bond acceptors (Lipinski definition) is 6. The molecular formula is C18H24N4O2S. The first kappa shape index (κ1) is 17.9. The van der Waals surface area contributed by atoms with E-state index in [1.807, 2.05) is 49.9 Å². The number of benzene rings is 1. The van der Waals surface area contributed by atoms with Crippen LogP contribution in [-0.2, 0) is 9.53 Å². The van der Waals surface area contributed by atoms with Crippen LogP contribution in [0.3, 0.4) is 0 Å². The van der Waals surface area contributed by atoms with Gasteiger partial charge in [0, 0.05) is 25.0 Å². The number of amides is 1. The second-order valence-corrected chi connectivity index (χ2v) is 7.19. The van der Waals surface area contributed by atoms with Crippen molar-refractivity contribution >= 4 is 34.4 Å². The van der Waals surface area contributed by atoms with Crippen LogP contribution < -0.4 is 5.32 Å². The fourth-order valence-electron chi connectivity index (χ4n) is 3.02. The van der Waals surface area contributed by atoms with Crippen molar-refractivity contribution in [2.24, 2.45) is 0 Å². The van der Waals surface area contributed by atoms with Crippen molar-refractivity contribution in [2.45, 2.75) is 38.1 Å². The van der Waals surface area contributed by atoms with E-state index in [-0.39, 0.29) is 18.1 Å². The third kappa shape index (κ3) is 4.41. The lowest BCUT2D eigenvalue weighted by Gasteiger charge is -2.35. The highest BCUT2D eigenvalue weighted by atomic mass is 32.2. The Labute approximate surface area is 152 Å². The van der Waals surface area contributed by atoms with Crippen LogP contribution in [0.25, 0.3) is 10.9 Å². The number of thioether (sulfide) groups is 1. The summed E-state index contributed by atoms with van der Waals surface area (Å²) in [5.41, 5.74) is 0.886. The minimum absolute atomic E-state index is 0.0787. The number of carbonyl (C=O) groups is 1. The molecule has 134 valence electrons. The molecule has 7 heteroatoms. The van der Waals surface area contributed by atoms with E-state index in [1.165, 1.54) is 11.8 Å². The summed E-state index contributed by atoms with van der Waals surface area (Å²) in [5.74, 6) is 1.26. The van der Waals surface area contributed by atoms with Crippen molar-refractivity contribution in [1.82, 2.24) is 14.9 Å². The van der Waals surface area contributed by atoms with Gasteiger partial charge in [0.2, 0.25) is 5.91 Å². The van der Waals surface area contributed by atoms with Crippen LogP contribution in [-0.4, -0.2) is 58.4 Å². The highest BCUT2D eigenvalue weighted by molar-refractivity contribution is 7.99. The molecule has 1 saturated heterocycles. The van der Waals surface area contributed by atoms with Gasteiger partial charge in [-0.1, -0.05) is 23.9 Å². The molecule has 1 N–H and O–H groups in total. The van der Waals surface area contributed by atoms with Crippen LogP contribution >= 0.6 is 11.8 Å². The van der Waals surface area contributed by atoms with Gasteiger partial charge < -0.3 is 15.0 Å². The molecule has 6 nitrogen and oxygen atoms in total. The smallest absolute Gasteiger partial charge is 0.233 e. The normalized spacial score (nSPS) is 20.7. The summed E-state index contributed by atoms with van der Waals surface area (Å²) >= 11 is 1.39. The van der Waals surface area contributed by atoms with Gasteiger partial charge in [0.25, 0.3) is 0 Å². The lowest BCUT2D eigenvalue weighted by Crippen LogP contribution is -2.48. The van der Waals surface area contributed by atoms with Gasteiger partial charge in [-0.2, -0.15) is 0 Å². The molecule has 25 heavy (non-hydrogen) atoms. The van der Waals surface area contributed by atoms with E-state index in [1.54, 1.807) is 0 Å². The predicted molar refractivity (Wildman–Crippen MR) is 101 cm³/mol. The highest BCUT2D eigenvalue weighted by Crippen LogP contribution is 2.24. The van der Waals surface area contributed by atoms with Gasteiger partial charge in [-0.25, -0.2) is 9.97 Å². The molecule has 0 aliphatic carbocycles. The number of anilines is 1. The molecular weight excluding hydrogens is 336 g/mol. The second kappa shape index (κ2) is 8.01. The van der Waals surface area contributed by atoms with Crippen molar-refractivity contribution in [3.63, 3.8) is 0 Å². The Morgan fingerprint density at radius 2 is 2.00 bits per heavy atom. The topological polar surface area (TPSA) is 67.4 Å². The SMILES string of the molecule is CCNc1nc(SCC(=O)N2C[C@@H](C)O[C@@H](C)C2)nc2ccccc12. The van der Waals surface area contributed by atoms with E-state index in [0.717, 1.165) is 23.3 Å². The van der Waals surface area contributed by atoms with Gasteiger partial charge in [0.15, 0.2) is 5.16 Å². The predicted octanol–water partition coefficient (Wildman–Crippen LogP) is 2.79. The Morgan fingerprint density at radius 1 is 1.28 bits per heavy atom. The van der Waals surface area contributed by atoms with Crippen LogP contribution in [0.15, 0.2) is 29.4 Å². The number of para-hydroxylation sites is 1. The molecule has 0 radical (unpaired) electrons. The summed E-state index contributed by atoms with van der Waals surface area (Å²) in [5, 5.41) is 4.90. The van der Waals surface area contributed by atoms with Crippen LogP contribution in [0, 0.1) is 0 Å². The Bertz CT molecular complexity index is 745. The van der Waals surface area contributed by atoms with Crippen LogP contribution in [0.1, 0.15) is 20.8 Å². The Morgan fingerprint density at radius 3 is 2.72 bits per heavy atom. The molecule has 1 aliphatic heterocycles. The molecule has 1 aromatic heterocycles. The van der Waals surface area contributed by atoms with Gasteiger partial charge in [-0.15, -0.1) is 0 Å². The molecule has 1 aromatic carbocycles. The summed E-state index contributed by atoms with van der Waals surface area (Å²) in [6.07, 6.45) is 0.157. The number of carbonyl (C=O) groups excluding carboxylic acids is 1. The molecule has 0 saturated carbocycles. The minimum Gasteiger partial charge on any atom is -0.372 e. The number of rotatable bonds is 5. The lowest BCUT2D eigenvalue weighted by molar-refractivity contribution is -0.140. The van der Waals surface area contributed by atoms with Crippen LogP contribution in [0.2, 0.25) is 0 Å². The third-order valence-corrected chi connectivity index (χ3v) is 4.86. The summed E-state index contributed by atoms with van der Waals surface area (Å²) in [6.45, 7) is 8.11. The Kier molecular flexibility index (Phi) is 5.75. The van der Waals surface area contributed by atoms with Crippen molar-refractivity contribution in [2.75, 3.05) is 30.7 Å². The zero-order chi connectivity index (χ0) is 17.8. The average molecular weight is 360 g/mol. The molecule has 3 rings (SSSR count). The number of fused-ring (bicyclic) bond motifs is 1. The zero-order valence-corrected chi connectivity index (χ0v) is 15.7. The quantitative estimate of drug-likeness (QED) is 0.653. The molecule has 2 aromatic rings. The number of nitrogens with one attached hydrogen (secondary N) is 1. The lowest BCUT2D eigenvalue weighted by atomic mass is 10.2. The van der Waals surface area contributed by atoms with Crippen molar-refractivity contribution in [1.29, 1.82) is 0 Å². The van der Waals surface area contributed by atoms with Crippen molar-refractivity contribution in [3.8, 4) is 0 Å². The van der Waals surface area contributed by atoms with Crippen LogP contribution in [0.5, 0.6) is 0 Å². The molecule has 1 aliphatic rings. The van der Waals surface area contributed by atoms with Crippen LogP contribution in [0.4, 0.5) is 5.82 Å². The molecule has 0 unspecified atom stereocenters. The largest absolute Gasteiger partial charge is 0.372 e. The van der Waals surface area contributed by atoms with Crippen molar-refractivity contribution in [3.05, 3.63) is 24.3 Å². The van der Waals surface area contributed by atoms with E-state index >= 15 is 0 Å². The summed E-state index contributed by atoms with van der Waals surface area (Å²) in [6, 6.07) is 7.91. The molecule has 0 spiro atoms. The minimum atomic E-state index is 0.0787. The molecule has 1 fully saturated rings. The molecule has 2 heterocycles. The fourth-order valence-corrected chi connectivity index (χ4v) is 3.78. The number of morpholine rings is 1. The first-order valence-corrected chi connectivity index (χ1v) is 9.62. The summed E-state index contributed by atoms with van der Waals surface area (Å²) in [4.78, 5) is 23.6. The highest BCUT2D eigenvalue weighted by Gasteiger charge is 2.25. The monoisotopic (exact) mass is 360 g/mol. The maximum Gasteiger partial charge on any atom is 0.233 e. The second-order valence-electron chi connectivity index (χ2n) is 6.25. The average Bonchev–Trinajstić information content (AvgIpc) is 2.59. The first-order chi connectivity index (χ1) is 12.1. The Balaban J connectivity index is 1.71. The van der Waals surface area contributed by atoms with Gasteiger partial charge >= 0.3 is 0 Å². The zero-order valence-electron chi connectivity index (χ0n) is 14.9. The van der Waals surface area contributed by atoms with E-state index in [4.69, 9.17) is 4.74 Å². The van der Waals surface area contributed by atoms with E-state index in [2.05, 4.69) is 15.3 Å². The maximum absolute atomic E-state index is 12.5. The standard InChI is InChI=1S/C18H24N4O2S/c1-4-19-17-14-7-5-6-8-15(14)20-18(21-17)25-11-16(23)22-9-12(2)24-13(3)10-22/h5-8,12-13H,4,9-11H2,1-3H3,(H,19,20,21)/t12-,13+. The number of nitrogens with zero attached hydrogens (tertiary/aromatic N) is 3. The van der Waals surface area contributed by atoms with E-state index in [0.29, 0.717) is 24.0 Å². The number of hydrogen-bond donors (Lipinski definition) is 1. The molecule has 2 atom stereocenters. The molecule has 1 amide bonds. The van der Waals surface area contributed by atoms with Gasteiger partial charge in [0.1, 0.15) is 5.82 Å². The molecule has 0 bridgehead atoms. The van der Waals surface area contributed by atoms with Gasteiger partial charge in [-0.3, -0.25) is 4.79 Å². The Hall–Kier alpha value is -1.86. The van der Waals surface area contributed by atoms with E-state index < -0.39 is 0 Å². The maximum atomic E-state index is 12.5. The number of aromatic nitrogens is 2. The third-order valence-electron chi connectivity index (χ3n) is 4.02. The van der Waals surface area contributed by atoms with Gasteiger partial charge in [0.05, 0.1) is 23.5 Å².